The minimum Gasteiger partial charge on any atom is -0.395 e. The van der Waals surface area contributed by atoms with Crippen LogP contribution in [0.1, 0.15) is 37.5 Å². The third-order valence-corrected chi connectivity index (χ3v) is 3.66. The quantitative estimate of drug-likeness (QED) is 0.827. The Morgan fingerprint density at radius 3 is 2.89 bits per heavy atom. The van der Waals surface area contributed by atoms with Gasteiger partial charge in [0.2, 0.25) is 0 Å². The molecule has 3 nitrogen and oxygen atoms in total. The van der Waals surface area contributed by atoms with Crippen molar-refractivity contribution in [2.24, 2.45) is 5.92 Å². The van der Waals surface area contributed by atoms with Gasteiger partial charge in [0.1, 0.15) is 0 Å². The van der Waals surface area contributed by atoms with E-state index in [9.17, 15) is 5.11 Å². The zero-order chi connectivity index (χ0) is 13.7. The van der Waals surface area contributed by atoms with Gasteiger partial charge in [-0.25, -0.2) is 0 Å². The molecule has 2 N–H and O–H groups in total. The smallest absolute Gasteiger partial charge is 0.0952 e. The van der Waals surface area contributed by atoms with Crippen molar-refractivity contribution in [3.05, 3.63) is 35.4 Å². The lowest BCUT2D eigenvalue weighted by molar-refractivity contribution is 0.0383. The second-order valence-corrected chi connectivity index (χ2v) is 5.73. The van der Waals surface area contributed by atoms with E-state index >= 15 is 0 Å². The van der Waals surface area contributed by atoms with Crippen LogP contribution in [0.2, 0.25) is 0 Å². The van der Waals surface area contributed by atoms with Gasteiger partial charge in [-0.15, -0.1) is 0 Å². The molecule has 3 heteroatoms. The van der Waals surface area contributed by atoms with Gasteiger partial charge in [-0.3, -0.25) is 0 Å². The van der Waals surface area contributed by atoms with E-state index in [0.717, 1.165) is 26.0 Å². The SMILES string of the molecule is CC(C)CC(CO)NCC1OCCc2ccccc21. The summed E-state index contributed by atoms with van der Waals surface area (Å²) in [5.74, 6) is 0.587. The number of hydrogen-bond acceptors (Lipinski definition) is 3. The van der Waals surface area contributed by atoms with Crippen molar-refractivity contribution in [1.82, 2.24) is 5.32 Å². The highest BCUT2D eigenvalue weighted by Crippen LogP contribution is 2.26. The molecule has 1 aliphatic rings. The summed E-state index contributed by atoms with van der Waals surface area (Å²) in [7, 11) is 0. The molecule has 1 heterocycles. The molecule has 2 rings (SSSR count). The van der Waals surface area contributed by atoms with Crippen molar-refractivity contribution >= 4 is 0 Å². The molecule has 19 heavy (non-hydrogen) atoms. The fraction of sp³-hybridized carbons (Fsp3) is 0.625. The first kappa shape index (κ1) is 14.5. The van der Waals surface area contributed by atoms with Gasteiger partial charge in [-0.1, -0.05) is 38.1 Å². The molecule has 106 valence electrons. The summed E-state index contributed by atoms with van der Waals surface area (Å²) in [4.78, 5) is 0. The van der Waals surface area contributed by atoms with E-state index in [-0.39, 0.29) is 18.8 Å². The molecular formula is C16H25NO2. The van der Waals surface area contributed by atoms with Crippen LogP contribution in [0.4, 0.5) is 0 Å². The van der Waals surface area contributed by atoms with E-state index in [2.05, 4.69) is 43.4 Å². The maximum atomic E-state index is 9.40. The lowest BCUT2D eigenvalue weighted by Crippen LogP contribution is -2.38. The second kappa shape index (κ2) is 7.04. The Hall–Kier alpha value is -0.900. The number of rotatable bonds is 6. The first-order valence-electron chi connectivity index (χ1n) is 7.24. The molecule has 0 spiro atoms. The van der Waals surface area contributed by atoms with Crippen molar-refractivity contribution in [2.75, 3.05) is 19.8 Å². The Labute approximate surface area is 116 Å². The Morgan fingerprint density at radius 1 is 1.37 bits per heavy atom. The molecule has 2 unspecified atom stereocenters. The first-order valence-corrected chi connectivity index (χ1v) is 7.24. The monoisotopic (exact) mass is 263 g/mol. The molecule has 0 aromatic heterocycles. The van der Waals surface area contributed by atoms with Gasteiger partial charge in [-0.05, 0) is 29.9 Å². The predicted octanol–water partition coefficient (Wildman–Crippen LogP) is 2.30. The molecule has 1 aliphatic heterocycles. The third kappa shape index (κ3) is 4.03. The van der Waals surface area contributed by atoms with Gasteiger partial charge in [0, 0.05) is 12.6 Å². The van der Waals surface area contributed by atoms with Crippen LogP contribution in [0.25, 0.3) is 0 Å². The van der Waals surface area contributed by atoms with E-state index in [4.69, 9.17) is 4.74 Å². The van der Waals surface area contributed by atoms with E-state index in [1.54, 1.807) is 0 Å². The van der Waals surface area contributed by atoms with E-state index in [1.807, 2.05) is 0 Å². The normalized spacial score (nSPS) is 20.3. The molecule has 1 aromatic rings. The van der Waals surface area contributed by atoms with Crippen LogP contribution < -0.4 is 5.32 Å². The summed E-state index contributed by atoms with van der Waals surface area (Å²) in [6.45, 7) is 6.10. The molecule has 0 radical (unpaired) electrons. The van der Waals surface area contributed by atoms with Crippen molar-refractivity contribution < 1.29 is 9.84 Å². The standard InChI is InChI=1S/C16H25NO2/c1-12(2)9-14(11-18)17-10-16-15-6-4-3-5-13(15)7-8-19-16/h3-6,12,14,16-18H,7-11H2,1-2H3. The molecule has 0 amide bonds. The van der Waals surface area contributed by atoms with Crippen molar-refractivity contribution in [2.45, 2.75) is 38.8 Å². The fourth-order valence-corrected chi connectivity index (χ4v) is 2.71. The maximum Gasteiger partial charge on any atom is 0.0952 e. The number of fused-ring (bicyclic) bond motifs is 1. The molecule has 0 saturated carbocycles. The van der Waals surface area contributed by atoms with Crippen LogP contribution in [-0.2, 0) is 11.2 Å². The Morgan fingerprint density at radius 2 is 2.16 bits per heavy atom. The first-order chi connectivity index (χ1) is 9.20. The molecule has 0 aliphatic carbocycles. The topological polar surface area (TPSA) is 41.5 Å². The van der Waals surface area contributed by atoms with Gasteiger partial charge >= 0.3 is 0 Å². The average Bonchev–Trinajstić information content (AvgIpc) is 2.43. The van der Waals surface area contributed by atoms with Crippen LogP contribution in [-0.4, -0.2) is 30.9 Å². The average molecular weight is 263 g/mol. The van der Waals surface area contributed by atoms with Crippen LogP contribution in [0.5, 0.6) is 0 Å². The Kier molecular flexibility index (Phi) is 5.37. The third-order valence-electron chi connectivity index (χ3n) is 3.66. The molecular weight excluding hydrogens is 238 g/mol. The van der Waals surface area contributed by atoms with E-state index in [1.165, 1.54) is 11.1 Å². The minimum atomic E-state index is 0.117. The zero-order valence-electron chi connectivity index (χ0n) is 11.9. The van der Waals surface area contributed by atoms with Crippen LogP contribution >= 0.6 is 0 Å². The number of aliphatic hydroxyl groups is 1. The lowest BCUT2D eigenvalue weighted by atomic mass is 9.97. The summed E-state index contributed by atoms with van der Waals surface area (Å²) in [5.41, 5.74) is 2.69. The van der Waals surface area contributed by atoms with Crippen LogP contribution in [0.15, 0.2) is 24.3 Å². The number of hydrogen-bond donors (Lipinski definition) is 2. The molecule has 2 atom stereocenters. The number of nitrogens with one attached hydrogen (secondary N) is 1. The predicted molar refractivity (Wildman–Crippen MR) is 77.2 cm³/mol. The summed E-state index contributed by atoms with van der Waals surface area (Å²) >= 11 is 0. The van der Waals surface area contributed by atoms with Crippen molar-refractivity contribution in [3.8, 4) is 0 Å². The fourth-order valence-electron chi connectivity index (χ4n) is 2.71. The highest BCUT2D eigenvalue weighted by atomic mass is 16.5. The van der Waals surface area contributed by atoms with E-state index in [0.29, 0.717) is 5.92 Å². The van der Waals surface area contributed by atoms with Crippen molar-refractivity contribution in [3.63, 3.8) is 0 Å². The van der Waals surface area contributed by atoms with Gasteiger partial charge in [0.15, 0.2) is 0 Å². The number of benzene rings is 1. The highest BCUT2D eigenvalue weighted by Gasteiger charge is 2.21. The molecule has 0 bridgehead atoms. The number of ether oxygens (including phenoxy) is 1. The highest BCUT2D eigenvalue weighted by molar-refractivity contribution is 5.31. The molecule has 0 saturated heterocycles. The van der Waals surface area contributed by atoms with E-state index < -0.39 is 0 Å². The number of aliphatic hydroxyl groups excluding tert-OH is 1. The summed E-state index contributed by atoms with van der Waals surface area (Å²) in [5, 5.41) is 12.8. The lowest BCUT2D eigenvalue weighted by Gasteiger charge is -2.28. The van der Waals surface area contributed by atoms with Crippen LogP contribution in [0, 0.1) is 5.92 Å². The van der Waals surface area contributed by atoms with Gasteiger partial charge in [-0.2, -0.15) is 0 Å². The zero-order valence-corrected chi connectivity index (χ0v) is 11.9. The summed E-state index contributed by atoms with van der Waals surface area (Å²) in [6.07, 6.45) is 2.11. The maximum absolute atomic E-state index is 9.40. The van der Waals surface area contributed by atoms with Crippen LogP contribution in [0.3, 0.4) is 0 Å². The van der Waals surface area contributed by atoms with Crippen molar-refractivity contribution in [1.29, 1.82) is 0 Å². The molecule has 1 aromatic carbocycles. The van der Waals surface area contributed by atoms with Gasteiger partial charge in [0.05, 0.1) is 19.3 Å². The Balaban J connectivity index is 1.93. The summed E-state index contributed by atoms with van der Waals surface area (Å²) < 4.78 is 5.86. The molecule has 0 fully saturated rings. The Bertz CT molecular complexity index is 392. The minimum absolute atomic E-state index is 0.117. The summed E-state index contributed by atoms with van der Waals surface area (Å²) in [6, 6.07) is 8.65. The second-order valence-electron chi connectivity index (χ2n) is 5.73. The van der Waals surface area contributed by atoms with Gasteiger partial charge in [0.25, 0.3) is 0 Å². The van der Waals surface area contributed by atoms with Gasteiger partial charge < -0.3 is 15.2 Å². The largest absolute Gasteiger partial charge is 0.395 e.